The number of aromatic nitrogens is 4. The Labute approximate surface area is 187 Å². The van der Waals surface area contributed by atoms with Crippen LogP contribution in [-0.2, 0) is 6.18 Å². The highest BCUT2D eigenvalue weighted by Crippen LogP contribution is 2.32. The second-order valence-electron chi connectivity index (χ2n) is 8.46. The van der Waals surface area contributed by atoms with Crippen LogP contribution in [0.3, 0.4) is 0 Å². The zero-order chi connectivity index (χ0) is 23.2. The predicted octanol–water partition coefficient (Wildman–Crippen LogP) is 4.41. The predicted molar refractivity (Wildman–Crippen MR) is 118 cm³/mol. The van der Waals surface area contributed by atoms with Crippen molar-refractivity contribution in [3.8, 4) is 0 Å². The van der Waals surface area contributed by atoms with Gasteiger partial charge in [-0.3, -0.25) is 14.3 Å². The molecular weight excluding hydrogens is 433 g/mol. The van der Waals surface area contributed by atoms with E-state index in [1.807, 2.05) is 24.1 Å². The SMILES string of the molecule is CN(c1cccc2nc(C(F)(F)F)cn12)[C@H]1CC[C@@H](NC(=O)c2cccc3[nH]ncc23)CC1. The standard InChI is InChI=1S/C23H23F3N6O/c1-31(21-7-3-6-20-29-19(13-32(20)21)23(24,25)26)15-10-8-14(9-11-15)28-22(33)16-4-2-5-18-17(16)12-27-30-18/h2-7,12-15H,8-11H2,1H3,(H,27,30)(H,28,33)/t14-,15+. The second-order valence-corrected chi connectivity index (χ2v) is 8.46. The van der Waals surface area contributed by atoms with Crippen LogP contribution in [0.4, 0.5) is 19.0 Å². The quantitative estimate of drug-likeness (QED) is 0.477. The molecule has 3 aromatic heterocycles. The number of nitrogens with zero attached hydrogens (tertiary/aromatic N) is 4. The number of amides is 1. The van der Waals surface area contributed by atoms with Crippen LogP contribution in [0.5, 0.6) is 0 Å². The van der Waals surface area contributed by atoms with Crippen molar-refractivity contribution < 1.29 is 18.0 Å². The summed E-state index contributed by atoms with van der Waals surface area (Å²) in [7, 11) is 1.89. The third-order valence-electron chi connectivity index (χ3n) is 6.43. The number of nitrogens with one attached hydrogen (secondary N) is 2. The number of hydrogen-bond acceptors (Lipinski definition) is 4. The van der Waals surface area contributed by atoms with Crippen molar-refractivity contribution in [3.05, 3.63) is 60.0 Å². The van der Waals surface area contributed by atoms with E-state index in [0.717, 1.165) is 42.8 Å². The highest BCUT2D eigenvalue weighted by atomic mass is 19.4. The summed E-state index contributed by atoms with van der Waals surface area (Å²) >= 11 is 0. The molecule has 1 fully saturated rings. The van der Waals surface area contributed by atoms with Gasteiger partial charge in [0.15, 0.2) is 5.69 Å². The van der Waals surface area contributed by atoms with Crippen molar-refractivity contribution in [1.29, 1.82) is 0 Å². The van der Waals surface area contributed by atoms with E-state index in [1.165, 1.54) is 4.40 Å². The van der Waals surface area contributed by atoms with E-state index < -0.39 is 11.9 Å². The summed E-state index contributed by atoms with van der Waals surface area (Å²) in [4.78, 5) is 18.6. The van der Waals surface area contributed by atoms with Crippen LogP contribution < -0.4 is 10.2 Å². The number of carbonyl (C=O) groups excluding carboxylic acids is 1. The lowest BCUT2D eigenvalue weighted by Crippen LogP contribution is -2.43. The molecule has 0 saturated heterocycles. The fraction of sp³-hybridized carbons (Fsp3) is 0.348. The molecule has 1 aliphatic rings. The van der Waals surface area contributed by atoms with Gasteiger partial charge in [-0.05, 0) is 49.9 Å². The number of pyridine rings is 1. The van der Waals surface area contributed by atoms with Crippen LogP contribution in [0.25, 0.3) is 16.6 Å². The minimum Gasteiger partial charge on any atom is -0.358 e. The summed E-state index contributed by atoms with van der Waals surface area (Å²) in [5.41, 5.74) is 0.770. The molecule has 1 aliphatic carbocycles. The average molecular weight is 456 g/mol. The molecule has 33 heavy (non-hydrogen) atoms. The summed E-state index contributed by atoms with van der Waals surface area (Å²) in [5.74, 6) is 0.538. The van der Waals surface area contributed by atoms with E-state index in [4.69, 9.17) is 0 Å². The molecule has 2 N–H and O–H groups in total. The number of imidazole rings is 1. The maximum Gasteiger partial charge on any atom is 0.434 e. The number of rotatable bonds is 4. The van der Waals surface area contributed by atoms with Crippen molar-refractivity contribution in [3.63, 3.8) is 0 Å². The van der Waals surface area contributed by atoms with Crippen LogP contribution in [0.1, 0.15) is 41.7 Å². The number of aromatic amines is 1. The van der Waals surface area contributed by atoms with Gasteiger partial charge in [-0.2, -0.15) is 18.3 Å². The van der Waals surface area contributed by atoms with Gasteiger partial charge in [0, 0.05) is 30.7 Å². The zero-order valence-electron chi connectivity index (χ0n) is 17.9. The fourth-order valence-corrected chi connectivity index (χ4v) is 4.64. The summed E-state index contributed by atoms with van der Waals surface area (Å²) in [6.45, 7) is 0. The van der Waals surface area contributed by atoms with E-state index in [9.17, 15) is 18.0 Å². The Bertz CT molecular complexity index is 1300. The molecule has 0 aliphatic heterocycles. The molecule has 0 radical (unpaired) electrons. The van der Waals surface area contributed by atoms with E-state index in [1.54, 1.807) is 30.5 Å². The number of H-pyrrole nitrogens is 1. The molecule has 1 amide bonds. The average Bonchev–Trinajstić information content (AvgIpc) is 3.45. The van der Waals surface area contributed by atoms with Gasteiger partial charge in [-0.25, -0.2) is 4.98 Å². The van der Waals surface area contributed by atoms with Crippen LogP contribution >= 0.6 is 0 Å². The Morgan fingerprint density at radius 2 is 1.91 bits per heavy atom. The molecule has 7 nitrogen and oxygen atoms in total. The molecular formula is C23H23F3N6O. The highest BCUT2D eigenvalue weighted by Gasteiger charge is 2.34. The number of alkyl halides is 3. The number of carbonyl (C=O) groups is 1. The van der Waals surface area contributed by atoms with Crippen molar-refractivity contribution >= 4 is 28.3 Å². The highest BCUT2D eigenvalue weighted by molar-refractivity contribution is 6.06. The molecule has 0 bridgehead atoms. The first-order valence-corrected chi connectivity index (χ1v) is 10.8. The maximum absolute atomic E-state index is 13.1. The lowest BCUT2D eigenvalue weighted by atomic mass is 9.90. The van der Waals surface area contributed by atoms with E-state index in [2.05, 4.69) is 20.5 Å². The molecule has 5 rings (SSSR count). The smallest absolute Gasteiger partial charge is 0.358 e. The van der Waals surface area contributed by atoms with E-state index in [0.29, 0.717) is 11.4 Å². The fourth-order valence-electron chi connectivity index (χ4n) is 4.64. The number of halogens is 3. The van der Waals surface area contributed by atoms with Crippen molar-refractivity contribution in [2.24, 2.45) is 0 Å². The zero-order valence-corrected chi connectivity index (χ0v) is 17.9. The van der Waals surface area contributed by atoms with Gasteiger partial charge in [-0.1, -0.05) is 12.1 Å². The molecule has 3 heterocycles. The number of hydrogen-bond donors (Lipinski definition) is 2. The Balaban J connectivity index is 1.26. The normalized spacial score (nSPS) is 19.2. The van der Waals surface area contributed by atoms with Crippen LogP contribution in [0.2, 0.25) is 0 Å². The van der Waals surface area contributed by atoms with E-state index >= 15 is 0 Å². The molecule has 0 atom stereocenters. The van der Waals surface area contributed by atoms with Crippen molar-refractivity contribution in [2.45, 2.75) is 43.9 Å². The van der Waals surface area contributed by atoms with Gasteiger partial charge in [0.05, 0.1) is 17.3 Å². The first-order valence-electron chi connectivity index (χ1n) is 10.8. The Kier molecular flexibility index (Phi) is 5.22. The minimum absolute atomic E-state index is 0.0465. The monoisotopic (exact) mass is 456 g/mol. The molecule has 1 aromatic carbocycles. The summed E-state index contributed by atoms with van der Waals surface area (Å²) < 4.78 is 40.9. The molecule has 0 unspecified atom stereocenters. The van der Waals surface area contributed by atoms with Gasteiger partial charge >= 0.3 is 6.18 Å². The first-order chi connectivity index (χ1) is 15.8. The molecule has 172 valence electrons. The largest absolute Gasteiger partial charge is 0.434 e. The Morgan fingerprint density at radius 1 is 1.15 bits per heavy atom. The van der Waals surface area contributed by atoms with Crippen LogP contribution in [-0.4, -0.2) is 44.6 Å². The number of benzene rings is 1. The van der Waals surface area contributed by atoms with E-state index in [-0.39, 0.29) is 23.6 Å². The molecule has 4 aromatic rings. The Morgan fingerprint density at radius 3 is 2.67 bits per heavy atom. The molecule has 0 spiro atoms. The van der Waals surface area contributed by atoms with Crippen molar-refractivity contribution in [1.82, 2.24) is 24.9 Å². The van der Waals surface area contributed by atoms with Crippen LogP contribution in [0.15, 0.2) is 48.8 Å². The lowest BCUT2D eigenvalue weighted by Gasteiger charge is -2.36. The third kappa shape index (κ3) is 4.01. The summed E-state index contributed by atoms with van der Waals surface area (Å²) in [6.07, 6.45) is 1.41. The van der Waals surface area contributed by atoms with Crippen LogP contribution in [0, 0.1) is 0 Å². The second kappa shape index (κ2) is 8.09. The molecule has 1 saturated carbocycles. The summed E-state index contributed by atoms with van der Waals surface area (Å²) in [6, 6.07) is 10.8. The number of anilines is 1. The van der Waals surface area contributed by atoms with Gasteiger partial charge < -0.3 is 10.2 Å². The van der Waals surface area contributed by atoms with Gasteiger partial charge in [0.25, 0.3) is 5.91 Å². The summed E-state index contributed by atoms with van der Waals surface area (Å²) in [5, 5.41) is 10.8. The number of fused-ring (bicyclic) bond motifs is 2. The maximum atomic E-state index is 13.1. The van der Waals surface area contributed by atoms with Gasteiger partial charge in [0.1, 0.15) is 11.5 Å². The van der Waals surface area contributed by atoms with Crippen molar-refractivity contribution in [2.75, 3.05) is 11.9 Å². The first kappa shape index (κ1) is 21.3. The topological polar surface area (TPSA) is 78.3 Å². The van der Waals surface area contributed by atoms with Gasteiger partial charge in [0.2, 0.25) is 0 Å². The Hall–Kier alpha value is -3.56. The third-order valence-corrected chi connectivity index (χ3v) is 6.43. The minimum atomic E-state index is -4.49. The molecule has 10 heteroatoms. The van der Waals surface area contributed by atoms with Gasteiger partial charge in [-0.15, -0.1) is 0 Å². The lowest BCUT2D eigenvalue weighted by molar-refractivity contribution is -0.140.